The van der Waals surface area contributed by atoms with Gasteiger partial charge in [0.1, 0.15) is 11.4 Å². The Morgan fingerprint density at radius 1 is 1.40 bits per heavy atom. The lowest BCUT2D eigenvalue weighted by Crippen LogP contribution is -2.40. The molecule has 0 spiro atoms. The Bertz CT molecular complexity index is 826. The zero-order valence-electron chi connectivity index (χ0n) is 14.9. The highest BCUT2D eigenvalue weighted by molar-refractivity contribution is 5.76. The Labute approximate surface area is 145 Å². The summed E-state index contributed by atoms with van der Waals surface area (Å²) in [7, 11) is 0. The van der Waals surface area contributed by atoms with Crippen LogP contribution >= 0.6 is 0 Å². The lowest BCUT2D eigenvalue weighted by molar-refractivity contribution is -0.133. The van der Waals surface area contributed by atoms with Crippen LogP contribution in [0.15, 0.2) is 15.5 Å². The highest BCUT2D eigenvalue weighted by Gasteiger charge is 2.21. The van der Waals surface area contributed by atoms with Crippen molar-refractivity contribution in [2.75, 3.05) is 13.1 Å². The summed E-state index contributed by atoms with van der Waals surface area (Å²) >= 11 is 0. The smallest absolute Gasteiger partial charge is 0.266 e. The van der Waals surface area contributed by atoms with Crippen molar-refractivity contribution in [3.8, 4) is 11.5 Å². The second kappa shape index (κ2) is 7.16. The third-order valence-corrected chi connectivity index (χ3v) is 4.56. The highest BCUT2D eigenvalue weighted by Crippen LogP contribution is 2.16. The maximum Gasteiger partial charge on any atom is 0.266 e. The van der Waals surface area contributed by atoms with E-state index in [4.69, 9.17) is 4.52 Å². The van der Waals surface area contributed by atoms with Crippen molar-refractivity contribution in [1.29, 1.82) is 0 Å². The molecule has 0 bridgehead atoms. The largest absolute Gasteiger partial charge is 0.342 e. The van der Waals surface area contributed by atoms with Crippen molar-refractivity contribution >= 4 is 5.91 Å². The molecule has 3 rings (SSSR count). The molecule has 8 heteroatoms. The molecule has 1 unspecified atom stereocenters. The van der Waals surface area contributed by atoms with Crippen LogP contribution in [0.5, 0.6) is 0 Å². The number of aromatic nitrogens is 4. The fourth-order valence-electron chi connectivity index (χ4n) is 3.17. The van der Waals surface area contributed by atoms with Gasteiger partial charge in [0.2, 0.25) is 5.91 Å². The van der Waals surface area contributed by atoms with Gasteiger partial charge in [-0.3, -0.25) is 14.2 Å². The number of rotatable bonds is 4. The van der Waals surface area contributed by atoms with E-state index in [1.807, 2.05) is 4.90 Å². The Balaban J connectivity index is 1.76. The fraction of sp³-hybridized carbons (Fsp3) is 0.588. The molecule has 1 aliphatic rings. The van der Waals surface area contributed by atoms with E-state index in [0.29, 0.717) is 24.1 Å². The number of hydrogen-bond donors (Lipinski definition) is 0. The predicted octanol–water partition coefficient (Wildman–Crippen LogP) is 1.56. The molecule has 134 valence electrons. The fourth-order valence-corrected chi connectivity index (χ4v) is 3.17. The number of carbonyl (C=O) groups is 1. The summed E-state index contributed by atoms with van der Waals surface area (Å²) in [6.07, 6.45) is 3.92. The van der Waals surface area contributed by atoms with Gasteiger partial charge in [-0.15, -0.1) is 0 Å². The summed E-state index contributed by atoms with van der Waals surface area (Å²) in [5, 5.41) is 3.71. The van der Waals surface area contributed by atoms with E-state index in [-0.39, 0.29) is 29.3 Å². The second-order valence-corrected chi connectivity index (χ2v) is 6.66. The number of amides is 1. The predicted molar refractivity (Wildman–Crippen MR) is 90.9 cm³/mol. The molecule has 1 atom stereocenters. The van der Waals surface area contributed by atoms with Crippen LogP contribution in [0.3, 0.4) is 0 Å². The van der Waals surface area contributed by atoms with E-state index < -0.39 is 0 Å². The first kappa shape index (κ1) is 17.3. The Kier molecular flexibility index (Phi) is 4.96. The molecule has 0 saturated carbocycles. The molecule has 3 heterocycles. The minimum Gasteiger partial charge on any atom is -0.342 e. The van der Waals surface area contributed by atoms with Crippen LogP contribution < -0.4 is 5.56 Å². The lowest BCUT2D eigenvalue weighted by Gasteiger charge is -2.31. The summed E-state index contributed by atoms with van der Waals surface area (Å²) in [6, 6.07) is 0. The summed E-state index contributed by atoms with van der Waals surface area (Å²) in [6.45, 7) is 7.49. The highest BCUT2D eigenvalue weighted by atomic mass is 16.5. The van der Waals surface area contributed by atoms with Crippen LogP contribution in [0, 0.1) is 19.8 Å². The monoisotopic (exact) mass is 345 g/mol. The summed E-state index contributed by atoms with van der Waals surface area (Å²) < 4.78 is 6.57. The van der Waals surface area contributed by atoms with Crippen LogP contribution in [0.25, 0.3) is 11.5 Å². The van der Waals surface area contributed by atoms with Crippen LogP contribution in [-0.2, 0) is 11.3 Å². The third-order valence-electron chi connectivity index (χ3n) is 4.56. The van der Waals surface area contributed by atoms with Crippen molar-refractivity contribution in [3.05, 3.63) is 28.2 Å². The maximum absolute atomic E-state index is 12.7. The molecular weight excluding hydrogens is 322 g/mol. The Morgan fingerprint density at radius 2 is 2.20 bits per heavy atom. The molecule has 1 fully saturated rings. The topological polar surface area (TPSA) is 94.1 Å². The van der Waals surface area contributed by atoms with Crippen molar-refractivity contribution in [2.45, 2.75) is 46.6 Å². The molecule has 8 nitrogen and oxygen atoms in total. The van der Waals surface area contributed by atoms with Crippen molar-refractivity contribution in [1.82, 2.24) is 24.6 Å². The Morgan fingerprint density at radius 3 is 2.88 bits per heavy atom. The van der Waals surface area contributed by atoms with E-state index in [0.717, 1.165) is 25.9 Å². The average Bonchev–Trinajstić information content (AvgIpc) is 3.00. The number of hydrogen-bond acceptors (Lipinski definition) is 6. The number of aryl methyl sites for hydroxylation is 2. The normalized spacial score (nSPS) is 17.7. The standard InChI is InChI=1S/C17H23N5O3/c1-11-5-4-7-21(10-11)15(23)6-8-22-13(3)18-9-14(17(22)24)16-19-12(2)20-25-16/h9,11H,4-8,10H2,1-3H3. The van der Waals surface area contributed by atoms with Crippen LogP contribution in [0.4, 0.5) is 0 Å². The molecule has 2 aromatic rings. The van der Waals surface area contributed by atoms with Crippen LogP contribution in [-0.4, -0.2) is 43.6 Å². The van der Waals surface area contributed by atoms with Gasteiger partial charge in [0.25, 0.3) is 11.4 Å². The first-order chi connectivity index (χ1) is 12.0. The Hall–Kier alpha value is -2.51. The lowest BCUT2D eigenvalue weighted by atomic mass is 10.00. The van der Waals surface area contributed by atoms with Gasteiger partial charge >= 0.3 is 0 Å². The van der Waals surface area contributed by atoms with Crippen LogP contribution in [0.2, 0.25) is 0 Å². The van der Waals surface area contributed by atoms with Crippen molar-refractivity contribution < 1.29 is 9.32 Å². The van der Waals surface area contributed by atoms with Crippen molar-refractivity contribution in [3.63, 3.8) is 0 Å². The summed E-state index contributed by atoms with van der Waals surface area (Å²) in [5.74, 6) is 1.78. The SMILES string of the molecule is Cc1noc(-c2cnc(C)n(CCC(=O)N3CCCC(C)C3)c2=O)n1. The molecule has 2 aromatic heterocycles. The molecule has 0 radical (unpaired) electrons. The van der Waals surface area contributed by atoms with Gasteiger partial charge in [0.05, 0.1) is 0 Å². The average molecular weight is 345 g/mol. The van der Waals surface area contributed by atoms with Gasteiger partial charge < -0.3 is 9.42 Å². The molecule has 0 aliphatic carbocycles. The minimum absolute atomic E-state index is 0.0805. The summed E-state index contributed by atoms with van der Waals surface area (Å²) in [5.41, 5.74) is -0.0128. The third kappa shape index (κ3) is 3.78. The van der Waals surface area contributed by atoms with E-state index in [2.05, 4.69) is 22.0 Å². The molecule has 25 heavy (non-hydrogen) atoms. The molecule has 0 aromatic carbocycles. The van der Waals surface area contributed by atoms with Gasteiger partial charge in [-0.1, -0.05) is 12.1 Å². The summed E-state index contributed by atoms with van der Waals surface area (Å²) in [4.78, 5) is 35.4. The quantitative estimate of drug-likeness (QED) is 0.835. The minimum atomic E-state index is -0.268. The molecule has 1 amide bonds. The first-order valence-corrected chi connectivity index (χ1v) is 8.60. The van der Waals surface area contributed by atoms with Gasteiger partial charge in [0.15, 0.2) is 5.82 Å². The van der Waals surface area contributed by atoms with Gasteiger partial charge in [0, 0.05) is 32.3 Å². The zero-order chi connectivity index (χ0) is 18.0. The zero-order valence-corrected chi connectivity index (χ0v) is 14.9. The van der Waals surface area contributed by atoms with Gasteiger partial charge in [-0.05, 0) is 32.6 Å². The number of carbonyl (C=O) groups excluding carboxylic acids is 1. The first-order valence-electron chi connectivity index (χ1n) is 8.60. The van der Waals surface area contributed by atoms with E-state index in [9.17, 15) is 9.59 Å². The molecular formula is C17H23N5O3. The van der Waals surface area contributed by atoms with Crippen LogP contribution in [0.1, 0.15) is 37.8 Å². The number of piperidine rings is 1. The van der Waals surface area contributed by atoms with E-state index >= 15 is 0 Å². The second-order valence-electron chi connectivity index (χ2n) is 6.66. The molecule has 1 aliphatic heterocycles. The van der Waals surface area contributed by atoms with Gasteiger partial charge in [-0.2, -0.15) is 4.98 Å². The number of likely N-dealkylation sites (tertiary alicyclic amines) is 1. The number of nitrogens with zero attached hydrogens (tertiary/aromatic N) is 5. The van der Waals surface area contributed by atoms with Crippen molar-refractivity contribution in [2.24, 2.45) is 5.92 Å². The van der Waals surface area contributed by atoms with E-state index in [1.165, 1.54) is 10.8 Å². The molecule has 1 saturated heterocycles. The van der Waals surface area contributed by atoms with Gasteiger partial charge in [-0.25, -0.2) is 4.98 Å². The molecule has 0 N–H and O–H groups in total. The van der Waals surface area contributed by atoms with E-state index in [1.54, 1.807) is 13.8 Å². The maximum atomic E-state index is 12.7.